The molecular formula is C26H23ClP2. The normalized spacial score (nSPS) is 12.3. The lowest BCUT2D eigenvalue weighted by atomic mass is 10.4. The van der Waals surface area contributed by atoms with Gasteiger partial charge in [-0.3, -0.25) is 0 Å². The third-order valence-electron chi connectivity index (χ3n) is 5.18. The van der Waals surface area contributed by atoms with Crippen LogP contribution in [0.1, 0.15) is 6.92 Å². The largest absolute Gasteiger partial charge is 0.0862 e. The van der Waals surface area contributed by atoms with Crippen molar-refractivity contribution in [3.8, 4) is 0 Å². The second-order valence-electron chi connectivity index (χ2n) is 6.84. The van der Waals surface area contributed by atoms with Gasteiger partial charge in [0, 0.05) is 7.27 Å². The highest BCUT2D eigenvalue weighted by Crippen LogP contribution is 2.56. The van der Waals surface area contributed by atoms with E-state index in [1.807, 2.05) is 6.07 Å². The lowest BCUT2D eigenvalue weighted by molar-refractivity contribution is 1.73. The molecule has 0 bridgehead atoms. The van der Waals surface area contributed by atoms with Crippen LogP contribution in [0.15, 0.2) is 121 Å². The topological polar surface area (TPSA) is 0 Å². The Morgan fingerprint density at radius 3 is 1.21 bits per heavy atom. The molecule has 0 aliphatic heterocycles. The minimum atomic E-state index is -2.05. The molecule has 3 heteroatoms. The lowest BCUT2D eigenvalue weighted by Gasteiger charge is -2.33. The molecule has 0 aliphatic rings. The van der Waals surface area contributed by atoms with Crippen molar-refractivity contribution in [3.05, 3.63) is 121 Å². The average Bonchev–Trinajstić information content (AvgIpc) is 2.82. The Hall–Kier alpha value is -2.10. The average molecular weight is 433 g/mol. The molecule has 0 aromatic heterocycles. The second kappa shape index (κ2) is 9.15. The van der Waals surface area contributed by atoms with Crippen molar-refractivity contribution in [2.24, 2.45) is 0 Å². The van der Waals surface area contributed by atoms with Crippen LogP contribution < -0.4 is 21.2 Å². The fraction of sp³-hybridized carbons (Fsp3) is 0.0385. The fourth-order valence-electron chi connectivity index (χ4n) is 3.84. The van der Waals surface area contributed by atoms with Crippen molar-refractivity contribution in [1.82, 2.24) is 0 Å². The van der Waals surface area contributed by atoms with Crippen LogP contribution in [0.5, 0.6) is 0 Å². The Morgan fingerprint density at radius 1 is 0.552 bits per heavy atom. The summed E-state index contributed by atoms with van der Waals surface area (Å²) in [7, 11) is -0.957. The minimum absolute atomic E-state index is 0.957. The molecule has 0 spiro atoms. The highest BCUT2D eigenvalue weighted by atomic mass is 35.7. The molecule has 0 aliphatic carbocycles. The maximum absolute atomic E-state index is 7.25. The molecule has 0 radical (unpaired) electrons. The van der Waals surface area contributed by atoms with Crippen molar-refractivity contribution >= 4 is 51.7 Å². The van der Waals surface area contributed by atoms with Crippen molar-refractivity contribution < 1.29 is 0 Å². The van der Waals surface area contributed by atoms with Crippen molar-refractivity contribution in [3.63, 3.8) is 0 Å². The van der Waals surface area contributed by atoms with Gasteiger partial charge in [0.05, 0.1) is 0 Å². The van der Waals surface area contributed by atoms with Gasteiger partial charge in [-0.1, -0.05) is 133 Å². The summed E-state index contributed by atoms with van der Waals surface area (Å²) < 4.78 is 0. The van der Waals surface area contributed by atoms with Crippen molar-refractivity contribution in [2.75, 3.05) is 0 Å². The summed E-state index contributed by atoms with van der Waals surface area (Å²) in [5, 5.41) is 6.61. The number of hydrogen-bond donors (Lipinski definition) is 0. The molecule has 1 atom stereocenters. The first kappa shape index (κ1) is 20.2. The smallest absolute Gasteiger partial charge is 0.0490 e. The van der Waals surface area contributed by atoms with Crippen LogP contribution in [-0.2, 0) is 0 Å². The van der Waals surface area contributed by atoms with Gasteiger partial charge in [0.2, 0.25) is 0 Å². The molecule has 144 valence electrons. The molecule has 4 rings (SSSR count). The summed E-state index contributed by atoms with van der Waals surface area (Å²) in [6.07, 6.45) is 0. The van der Waals surface area contributed by atoms with Gasteiger partial charge < -0.3 is 0 Å². The Labute approximate surface area is 179 Å². The van der Waals surface area contributed by atoms with Crippen LogP contribution in [0.4, 0.5) is 0 Å². The molecule has 4 aromatic rings. The number of hydrogen-bond acceptors (Lipinski definition) is 0. The first-order valence-corrected chi connectivity index (χ1v) is 13.7. The number of benzene rings is 4. The summed E-state index contributed by atoms with van der Waals surface area (Å²) in [6, 6.07) is 43.2. The van der Waals surface area contributed by atoms with E-state index in [-0.39, 0.29) is 0 Å². The highest BCUT2D eigenvalue weighted by Gasteiger charge is 2.31. The second-order valence-corrected chi connectivity index (χ2v) is 13.5. The lowest BCUT2D eigenvalue weighted by Crippen LogP contribution is -2.29. The summed E-state index contributed by atoms with van der Waals surface area (Å²) in [5.74, 6) is 0. The van der Waals surface area contributed by atoms with Crippen LogP contribution in [0.25, 0.3) is 0 Å². The zero-order valence-corrected chi connectivity index (χ0v) is 18.9. The Balaban J connectivity index is 2.14. The minimum Gasteiger partial charge on any atom is -0.0862 e. The van der Waals surface area contributed by atoms with E-state index in [1.165, 1.54) is 26.3 Å². The van der Waals surface area contributed by atoms with E-state index in [2.05, 4.69) is 122 Å². The molecule has 0 fully saturated rings. The Kier molecular flexibility index (Phi) is 6.37. The predicted octanol–water partition coefficient (Wildman–Crippen LogP) is 6.09. The predicted molar refractivity (Wildman–Crippen MR) is 135 cm³/mol. The van der Waals surface area contributed by atoms with Crippen molar-refractivity contribution in [2.45, 2.75) is 6.92 Å². The van der Waals surface area contributed by atoms with Crippen LogP contribution in [0.2, 0.25) is 0 Å². The van der Waals surface area contributed by atoms with E-state index < -0.39 is 14.2 Å². The molecule has 0 nitrogen and oxygen atoms in total. The van der Waals surface area contributed by atoms with Crippen LogP contribution >= 0.6 is 25.4 Å². The van der Waals surface area contributed by atoms with Gasteiger partial charge in [0.15, 0.2) is 0 Å². The molecule has 0 saturated heterocycles. The van der Waals surface area contributed by atoms with Crippen molar-refractivity contribution in [1.29, 1.82) is 0 Å². The van der Waals surface area contributed by atoms with Gasteiger partial charge in [-0.15, -0.1) is 0 Å². The van der Waals surface area contributed by atoms with E-state index in [9.17, 15) is 0 Å². The third kappa shape index (κ3) is 3.86. The van der Waals surface area contributed by atoms with Gasteiger partial charge in [0.25, 0.3) is 0 Å². The molecule has 0 heterocycles. The Bertz CT molecular complexity index is 1010. The summed E-state index contributed by atoms with van der Waals surface area (Å²) in [4.78, 5) is 0. The van der Waals surface area contributed by atoms with E-state index >= 15 is 0 Å². The first-order chi connectivity index (χ1) is 14.2. The maximum atomic E-state index is 7.25. The van der Waals surface area contributed by atoms with E-state index in [4.69, 9.17) is 11.2 Å². The molecule has 0 saturated carbocycles. The van der Waals surface area contributed by atoms with Gasteiger partial charge >= 0.3 is 0 Å². The summed E-state index contributed by atoms with van der Waals surface area (Å²) in [6.45, 7) is 0.218. The molecule has 29 heavy (non-hydrogen) atoms. The zero-order chi connectivity index (χ0) is 20.1. The van der Waals surface area contributed by atoms with Gasteiger partial charge in [-0.05, 0) is 40.1 Å². The molecular weight excluding hydrogens is 410 g/mol. The number of halogens is 1. The molecule has 0 N–H and O–H groups in total. The first-order valence-electron chi connectivity index (χ1n) is 9.65. The van der Waals surface area contributed by atoms with Crippen LogP contribution in [-0.4, -0.2) is 5.03 Å². The summed E-state index contributed by atoms with van der Waals surface area (Å²) in [5.41, 5.74) is 0. The van der Waals surface area contributed by atoms with Gasteiger partial charge in [-0.25, -0.2) is 0 Å². The van der Waals surface area contributed by atoms with E-state index in [0.29, 0.717) is 0 Å². The quantitative estimate of drug-likeness (QED) is 0.335. The SMILES string of the molecule is CC(P(Cl)c1ccccc1)=P(c1ccccc1)(c1ccccc1)c1ccccc1. The third-order valence-corrected chi connectivity index (χ3v) is 13.9. The molecule has 4 aromatic carbocycles. The molecule has 1 unspecified atom stereocenters. The number of rotatable bonds is 5. The van der Waals surface area contributed by atoms with Gasteiger partial charge in [-0.2, -0.15) is 0 Å². The monoisotopic (exact) mass is 432 g/mol. The van der Waals surface area contributed by atoms with Crippen LogP contribution in [0, 0.1) is 0 Å². The van der Waals surface area contributed by atoms with Gasteiger partial charge in [0.1, 0.15) is 0 Å². The zero-order valence-electron chi connectivity index (χ0n) is 16.3. The molecule has 0 amide bonds. The summed E-state index contributed by atoms with van der Waals surface area (Å²) >= 11 is 7.25. The van der Waals surface area contributed by atoms with Crippen LogP contribution in [0.3, 0.4) is 0 Å². The highest BCUT2D eigenvalue weighted by molar-refractivity contribution is 8.16. The maximum Gasteiger partial charge on any atom is 0.0490 e. The van der Waals surface area contributed by atoms with E-state index in [1.54, 1.807) is 0 Å². The Morgan fingerprint density at radius 2 is 0.862 bits per heavy atom. The van der Waals surface area contributed by atoms with E-state index in [0.717, 1.165) is 0 Å². The standard InChI is InChI=1S/C26H23ClP2/c1-22(28(27)23-14-6-2-7-15-23)29(24-16-8-3-9-17-24,25-18-10-4-11-19-25)26-20-12-5-13-21-26/h2-21H,1H3. The fourth-order valence-corrected chi connectivity index (χ4v) is 12.3.